The monoisotopic (exact) mass is 207 g/mol. The first-order valence-electron chi connectivity index (χ1n) is 3.72. The Hall–Kier alpha value is -1.30. The lowest BCUT2D eigenvalue weighted by atomic mass is 10.2. The first-order chi connectivity index (χ1) is 6.61. The summed E-state index contributed by atoms with van der Waals surface area (Å²) in [6.07, 6.45) is -2.05. The second-order valence-electron chi connectivity index (χ2n) is 2.46. The Balaban J connectivity index is 3.27. The fourth-order valence-electron chi connectivity index (χ4n) is 1.00. The maximum Gasteiger partial charge on any atom is 0.283 e. The van der Waals surface area contributed by atoms with Crippen molar-refractivity contribution in [2.75, 3.05) is 7.11 Å². The third-order valence-electron chi connectivity index (χ3n) is 1.69. The summed E-state index contributed by atoms with van der Waals surface area (Å²) >= 11 is 0. The lowest BCUT2D eigenvalue weighted by Crippen LogP contribution is -2.03. The van der Waals surface area contributed by atoms with Crippen LogP contribution in [0.15, 0.2) is 6.20 Å². The van der Waals surface area contributed by atoms with E-state index < -0.39 is 24.5 Å². The number of aliphatic hydroxyl groups excluding tert-OH is 1. The molecule has 1 N–H and O–H groups in total. The first-order valence-corrected chi connectivity index (χ1v) is 3.72. The van der Waals surface area contributed by atoms with Gasteiger partial charge in [-0.05, 0) is 0 Å². The number of hydrogen-bond acceptors (Lipinski definition) is 3. The third-order valence-corrected chi connectivity index (χ3v) is 1.69. The topological polar surface area (TPSA) is 42.4 Å². The van der Waals surface area contributed by atoms with E-state index in [4.69, 9.17) is 5.11 Å². The fourth-order valence-corrected chi connectivity index (χ4v) is 1.00. The number of halogens is 3. The van der Waals surface area contributed by atoms with Crippen LogP contribution in [0.3, 0.4) is 0 Å². The van der Waals surface area contributed by atoms with Crippen molar-refractivity contribution in [2.45, 2.75) is 13.0 Å². The summed E-state index contributed by atoms with van der Waals surface area (Å²) in [6, 6.07) is 0. The van der Waals surface area contributed by atoms with Crippen molar-refractivity contribution < 1.29 is 23.0 Å². The summed E-state index contributed by atoms with van der Waals surface area (Å²) in [5.74, 6) is -1.27. The average Bonchev–Trinajstić information content (AvgIpc) is 2.16. The van der Waals surface area contributed by atoms with Crippen LogP contribution in [0.5, 0.6) is 5.75 Å². The maximum atomic E-state index is 13.2. The Bertz CT molecular complexity index is 331. The van der Waals surface area contributed by atoms with Crippen LogP contribution in [0.1, 0.15) is 17.7 Å². The van der Waals surface area contributed by atoms with E-state index in [0.29, 0.717) is 0 Å². The molecule has 0 aromatic carbocycles. The van der Waals surface area contributed by atoms with Crippen molar-refractivity contribution in [3.8, 4) is 5.75 Å². The largest absolute Gasteiger partial charge is 0.495 e. The van der Waals surface area contributed by atoms with E-state index in [9.17, 15) is 13.2 Å². The Morgan fingerprint density at radius 3 is 2.64 bits per heavy atom. The molecule has 0 spiro atoms. The van der Waals surface area contributed by atoms with Gasteiger partial charge in [0.15, 0.2) is 5.82 Å². The minimum absolute atomic E-state index is 0.0469. The smallest absolute Gasteiger partial charge is 0.283 e. The number of pyridine rings is 1. The number of aliphatic hydroxyl groups is 1. The molecule has 0 radical (unpaired) electrons. The molecule has 0 aliphatic heterocycles. The van der Waals surface area contributed by atoms with Crippen LogP contribution in [0.4, 0.5) is 13.2 Å². The molecule has 3 nitrogen and oxygen atoms in total. The van der Waals surface area contributed by atoms with Crippen LogP contribution in [-0.4, -0.2) is 17.2 Å². The molecule has 1 aromatic rings. The second kappa shape index (κ2) is 4.28. The first kappa shape index (κ1) is 10.8. The zero-order chi connectivity index (χ0) is 10.7. The van der Waals surface area contributed by atoms with Gasteiger partial charge in [0.25, 0.3) is 6.43 Å². The van der Waals surface area contributed by atoms with E-state index in [1.54, 1.807) is 0 Å². The van der Waals surface area contributed by atoms with Gasteiger partial charge in [-0.2, -0.15) is 0 Å². The van der Waals surface area contributed by atoms with Gasteiger partial charge in [0.2, 0.25) is 0 Å². The quantitative estimate of drug-likeness (QED) is 0.819. The highest BCUT2D eigenvalue weighted by Gasteiger charge is 2.20. The molecule has 0 atom stereocenters. The van der Waals surface area contributed by atoms with Crippen LogP contribution in [0, 0.1) is 5.82 Å². The van der Waals surface area contributed by atoms with Gasteiger partial charge in [0.1, 0.15) is 11.4 Å². The van der Waals surface area contributed by atoms with Crippen LogP contribution < -0.4 is 4.74 Å². The van der Waals surface area contributed by atoms with E-state index in [-0.39, 0.29) is 11.3 Å². The van der Waals surface area contributed by atoms with Gasteiger partial charge in [-0.15, -0.1) is 0 Å². The number of nitrogens with zero attached hydrogens (tertiary/aromatic N) is 1. The Morgan fingerprint density at radius 1 is 1.57 bits per heavy atom. The SMILES string of the molecule is COc1cnc(C(F)F)c(F)c1CO. The Labute approximate surface area is 78.2 Å². The molecule has 0 unspecified atom stereocenters. The summed E-state index contributed by atoms with van der Waals surface area (Å²) in [4.78, 5) is 3.20. The van der Waals surface area contributed by atoms with Crippen LogP contribution in [0.25, 0.3) is 0 Å². The summed E-state index contributed by atoms with van der Waals surface area (Å²) < 4.78 is 42.1. The number of rotatable bonds is 3. The predicted octanol–water partition coefficient (Wildman–Crippen LogP) is 1.66. The van der Waals surface area contributed by atoms with E-state index >= 15 is 0 Å². The zero-order valence-corrected chi connectivity index (χ0v) is 7.30. The Morgan fingerprint density at radius 2 is 2.21 bits per heavy atom. The van der Waals surface area contributed by atoms with Crippen molar-refractivity contribution in [2.24, 2.45) is 0 Å². The molecule has 6 heteroatoms. The van der Waals surface area contributed by atoms with Crippen LogP contribution >= 0.6 is 0 Å². The molecule has 0 aliphatic carbocycles. The summed E-state index contributed by atoms with van der Waals surface area (Å²) in [7, 11) is 1.23. The summed E-state index contributed by atoms with van der Waals surface area (Å²) in [6.45, 7) is -0.711. The normalized spacial score (nSPS) is 10.7. The van der Waals surface area contributed by atoms with E-state index in [2.05, 4.69) is 9.72 Å². The number of ether oxygens (including phenoxy) is 1. The van der Waals surface area contributed by atoms with Gasteiger partial charge in [-0.3, -0.25) is 0 Å². The molecule has 0 saturated carbocycles. The standard InChI is InChI=1S/C8H8F3NO2/c1-14-5-2-12-7(8(10)11)6(9)4(5)3-13/h2,8,13H,3H2,1H3. The highest BCUT2D eigenvalue weighted by Crippen LogP contribution is 2.27. The molecule has 1 heterocycles. The highest BCUT2D eigenvalue weighted by molar-refractivity contribution is 5.33. The van der Waals surface area contributed by atoms with E-state index in [1.165, 1.54) is 7.11 Å². The maximum absolute atomic E-state index is 13.2. The van der Waals surface area contributed by atoms with E-state index in [0.717, 1.165) is 6.20 Å². The van der Waals surface area contributed by atoms with Gasteiger partial charge in [-0.25, -0.2) is 18.2 Å². The minimum Gasteiger partial charge on any atom is -0.495 e. The molecular formula is C8H8F3NO2. The molecular weight excluding hydrogens is 199 g/mol. The number of methoxy groups -OCH3 is 1. The van der Waals surface area contributed by atoms with Crippen molar-refractivity contribution in [1.29, 1.82) is 0 Å². The van der Waals surface area contributed by atoms with Gasteiger partial charge in [0.05, 0.1) is 25.5 Å². The van der Waals surface area contributed by atoms with Crippen LogP contribution in [0.2, 0.25) is 0 Å². The summed E-state index contributed by atoms with van der Waals surface area (Å²) in [5, 5.41) is 8.74. The molecule has 0 bridgehead atoms. The average molecular weight is 207 g/mol. The molecule has 0 aliphatic rings. The van der Waals surface area contributed by atoms with Gasteiger partial charge in [-0.1, -0.05) is 0 Å². The summed E-state index contributed by atoms with van der Waals surface area (Å²) in [5.41, 5.74) is -1.28. The van der Waals surface area contributed by atoms with Crippen molar-refractivity contribution in [1.82, 2.24) is 4.98 Å². The van der Waals surface area contributed by atoms with E-state index in [1.807, 2.05) is 0 Å². The molecule has 0 amide bonds. The number of alkyl halides is 2. The van der Waals surface area contributed by atoms with Crippen molar-refractivity contribution in [3.63, 3.8) is 0 Å². The van der Waals surface area contributed by atoms with Gasteiger partial charge in [0, 0.05) is 0 Å². The highest BCUT2D eigenvalue weighted by atomic mass is 19.3. The molecule has 14 heavy (non-hydrogen) atoms. The molecule has 0 saturated heterocycles. The number of aromatic nitrogens is 1. The molecule has 1 rings (SSSR count). The fraction of sp³-hybridized carbons (Fsp3) is 0.375. The second-order valence-corrected chi connectivity index (χ2v) is 2.46. The predicted molar refractivity (Wildman–Crippen MR) is 41.6 cm³/mol. The molecule has 0 fully saturated rings. The Kier molecular flexibility index (Phi) is 3.29. The van der Waals surface area contributed by atoms with Crippen molar-refractivity contribution in [3.05, 3.63) is 23.3 Å². The van der Waals surface area contributed by atoms with Gasteiger partial charge >= 0.3 is 0 Å². The molecule has 78 valence electrons. The lowest BCUT2D eigenvalue weighted by Gasteiger charge is -2.09. The molecule has 1 aromatic heterocycles. The van der Waals surface area contributed by atoms with Crippen LogP contribution in [-0.2, 0) is 6.61 Å². The third kappa shape index (κ3) is 1.79. The lowest BCUT2D eigenvalue weighted by molar-refractivity contribution is 0.139. The number of hydrogen-bond donors (Lipinski definition) is 1. The zero-order valence-electron chi connectivity index (χ0n) is 7.30. The van der Waals surface area contributed by atoms with Crippen molar-refractivity contribution >= 4 is 0 Å². The minimum atomic E-state index is -3.01. The van der Waals surface area contributed by atoms with Gasteiger partial charge < -0.3 is 9.84 Å².